The predicted octanol–water partition coefficient (Wildman–Crippen LogP) is 3.87. The van der Waals surface area contributed by atoms with Gasteiger partial charge in [0.2, 0.25) is 5.91 Å². The summed E-state index contributed by atoms with van der Waals surface area (Å²) in [6.07, 6.45) is 0. The number of nitrogens with one attached hydrogen (secondary N) is 1. The van der Waals surface area contributed by atoms with E-state index >= 15 is 0 Å². The fraction of sp³-hybridized carbons (Fsp3) is 0.333. The lowest BCUT2D eigenvalue weighted by Crippen LogP contribution is -2.54. The van der Waals surface area contributed by atoms with Crippen LogP contribution >= 0.6 is 11.6 Å². The van der Waals surface area contributed by atoms with Crippen LogP contribution in [-0.4, -0.2) is 60.4 Å². The Hall–Kier alpha value is -2.78. The largest absolute Gasteiger partial charge is 0.434 e. The second kappa shape index (κ2) is 10.0. The molecule has 0 radical (unpaired) electrons. The van der Waals surface area contributed by atoms with Crippen LogP contribution in [0.15, 0.2) is 42.5 Å². The maximum atomic E-state index is 13.2. The van der Waals surface area contributed by atoms with Crippen LogP contribution in [0.25, 0.3) is 0 Å². The number of anilines is 1. The fourth-order valence-corrected chi connectivity index (χ4v) is 3.53. The Morgan fingerprint density at radius 1 is 1.10 bits per heavy atom. The Morgan fingerprint density at radius 2 is 1.77 bits per heavy atom. The number of rotatable bonds is 6. The van der Waals surface area contributed by atoms with Gasteiger partial charge in [0, 0.05) is 26.2 Å². The van der Waals surface area contributed by atoms with Gasteiger partial charge in [-0.25, -0.2) is 4.39 Å². The van der Waals surface area contributed by atoms with Crippen molar-refractivity contribution in [2.75, 3.05) is 31.5 Å². The summed E-state index contributed by atoms with van der Waals surface area (Å²) in [5.41, 5.74) is 0.373. The van der Waals surface area contributed by atoms with E-state index in [4.69, 9.17) is 11.6 Å². The molecule has 1 aliphatic rings. The number of nitrogens with zero attached hydrogens (tertiary/aromatic N) is 2. The summed E-state index contributed by atoms with van der Waals surface area (Å²) in [6, 6.07) is 9.03. The van der Waals surface area contributed by atoms with Crippen LogP contribution in [0.5, 0.6) is 5.75 Å². The molecular formula is C21H21ClF3N3O3. The molecule has 31 heavy (non-hydrogen) atoms. The Kier molecular flexibility index (Phi) is 7.40. The van der Waals surface area contributed by atoms with Crippen LogP contribution in [0, 0.1) is 5.82 Å². The average molecular weight is 456 g/mol. The summed E-state index contributed by atoms with van der Waals surface area (Å²) in [4.78, 5) is 28.8. The zero-order chi connectivity index (χ0) is 22.5. The molecule has 0 saturated carbocycles. The van der Waals surface area contributed by atoms with E-state index in [-0.39, 0.29) is 22.2 Å². The molecule has 0 bridgehead atoms. The number of ether oxygens (including phenoxy) is 1. The summed E-state index contributed by atoms with van der Waals surface area (Å²) < 4.78 is 42.8. The van der Waals surface area contributed by atoms with Crippen molar-refractivity contribution < 1.29 is 27.5 Å². The number of benzene rings is 2. The third kappa shape index (κ3) is 5.68. The topological polar surface area (TPSA) is 61.9 Å². The molecule has 1 unspecified atom stereocenters. The first kappa shape index (κ1) is 22.9. The van der Waals surface area contributed by atoms with Crippen molar-refractivity contribution in [1.82, 2.24) is 9.80 Å². The zero-order valence-electron chi connectivity index (χ0n) is 16.7. The van der Waals surface area contributed by atoms with E-state index in [2.05, 4.69) is 10.1 Å². The number of hydrogen-bond acceptors (Lipinski definition) is 4. The number of amides is 2. The zero-order valence-corrected chi connectivity index (χ0v) is 17.4. The lowest BCUT2D eigenvalue weighted by Gasteiger charge is -2.37. The molecule has 0 aliphatic carbocycles. The van der Waals surface area contributed by atoms with Crippen molar-refractivity contribution in [2.45, 2.75) is 19.6 Å². The maximum absolute atomic E-state index is 13.2. The van der Waals surface area contributed by atoms with E-state index in [0.717, 1.165) is 6.07 Å². The van der Waals surface area contributed by atoms with Crippen LogP contribution in [-0.2, 0) is 4.79 Å². The smallest absolute Gasteiger partial charge is 0.387 e. The minimum atomic E-state index is -3.03. The van der Waals surface area contributed by atoms with Gasteiger partial charge in [-0.1, -0.05) is 23.7 Å². The SMILES string of the molecule is CC(C(=O)Nc1ccc(F)cc1Cl)N1CCN(C(=O)c2ccccc2OC(F)F)CC1. The number of para-hydroxylation sites is 1. The van der Waals surface area contributed by atoms with Crippen molar-refractivity contribution in [1.29, 1.82) is 0 Å². The average Bonchev–Trinajstić information content (AvgIpc) is 2.74. The monoisotopic (exact) mass is 455 g/mol. The quantitative estimate of drug-likeness (QED) is 0.718. The normalized spacial score (nSPS) is 15.6. The van der Waals surface area contributed by atoms with E-state index in [1.54, 1.807) is 13.0 Å². The highest BCUT2D eigenvalue weighted by molar-refractivity contribution is 6.33. The van der Waals surface area contributed by atoms with Gasteiger partial charge in [0.05, 0.1) is 22.3 Å². The Balaban J connectivity index is 1.59. The Labute approximate surface area is 182 Å². The van der Waals surface area contributed by atoms with Crippen LogP contribution in [0.4, 0.5) is 18.9 Å². The van der Waals surface area contributed by atoms with Gasteiger partial charge >= 0.3 is 6.61 Å². The highest BCUT2D eigenvalue weighted by Gasteiger charge is 2.29. The number of alkyl halides is 2. The predicted molar refractivity (Wildman–Crippen MR) is 110 cm³/mol. The molecule has 10 heteroatoms. The number of piperazine rings is 1. The number of carbonyl (C=O) groups excluding carboxylic acids is 2. The van der Waals surface area contributed by atoms with E-state index in [0.29, 0.717) is 31.9 Å². The van der Waals surface area contributed by atoms with Crippen molar-refractivity contribution in [2.24, 2.45) is 0 Å². The first-order chi connectivity index (χ1) is 14.8. The molecule has 2 aromatic rings. The molecule has 1 fully saturated rings. The minimum Gasteiger partial charge on any atom is -0.434 e. The van der Waals surface area contributed by atoms with Crippen LogP contribution < -0.4 is 10.1 Å². The molecule has 3 rings (SSSR count). The van der Waals surface area contributed by atoms with Crippen molar-refractivity contribution in [3.8, 4) is 5.75 Å². The van der Waals surface area contributed by atoms with Gasteiger partial charge in [0.1, 0.15) is 11.6 Å². The van der Waals surface area contributed by atoms with E-state index in [1.807, 2.05) is 4.90 Å². The Bertz CT molecular complexity index is 952. The van der Waals surface area contributed by atoms with Gasteiger partial charge in [-0.2, -0.15) is 8.78 Å². The molecule has 2 aromatic carbocycles. The van der Waals surface area contributed by atoms with Crippen molar-refractivity contribution >= 4 is 29.1 Å². The molecular weight excluding hydrogens is 435 g/mol. The van der Waals surface area contributed by atoms with Gasteiger partial charge in [-0.15, -0.1) is 0 Å². The summed E-state index contributed by atoms with van der Waals surface area (Å²) in [5, 5.41) is 2.77. The number of carbonyl (C=O) groups is 2. The van der Waals surface area contributed by atoms with Crippen molar-refractivity contribution in [3.05, 3.63) is 58.9 Å². The molecule has 1 N–H and O–H groups in total. The molecule has 0 aromatic heterocycles. The van der Waals surface area contributed by atoms with Gasteiger partial charge < -0.3 is 15.0 Å². The van der Waals surface area contributed by atoms with Crippen LogP contribution in [0.2, 0.25) is 5.02 Å². The summed E-state index contributed by atoms with van der Waals surface area (Å²) >= 11 is 5.95. The Morgan fingerprint density at radius 3 is 2.42 bits per heavy atom. The van der Waals surface area contributed by atoms with Gasteiger partial charge in [-0.05, 0) is 37.3 Å². The van der Waals surface area contributed by atoms with Gasteiger partial charge in [0.15, 0.2) is 0 Å². The molecule has 2 amide bonds. The molecule has 6 nitrogen and oxygen atoms in total. The molecule has 1 saturated heterocycles. The minimum absolute atomic E-state index is 0.0630. The van der Waals surface area contributed by atoms with Crippen molar-refractivity contribution in [3.63, 3.8) is 0 Å². The summed E-state index contributed by atoms with van der Waals surface area (Å²) in [7, 11) is 0. The standard InChI is InChI=1S/C21H21ClF3N3O3/c1-13(19(29)26-17-7-6-14(23)12-16(17)22)27-8-10-28(11-9-27)20(30)15-4-2-3-5-18(15)31-21(24)25/h2-7,12-13,21H,8-11H2,1H3,(H,26,29). The number of hydrogen-bond donors (Lipinski definition) is 1. The highest BCUT2D eigenvalue weighted by atomic mass is 35.5. The number of halogens is 4. The highest BCUT2D eigenvalue weighted by Crippen LogP contribution is 2.24. The molecule has 1 aliphatic heterocycles. The van der Waals surface area contributed by atoms with Gasteiger partial charge in [-0.3, -0.25) is 14.5 Å². The molecule has 1 atom stereocenters. The van der Waals surface area contributed by atoms with E-state index < -0.39 is 24.4 Å². The lowest BCUT2D eigenvalue weighted by molar-refractivity contribution is -0.121. The van der Waals surface area contributed by atoms with Crippen LogP contribution in [0.3, 0.4) is 0 Å². The summed E-state index contributed by atoms with van der Waals surface area (Å²) in [5.74, 6) is -1.40. The fourth-order valence-electron chi connectivity index (χ4n) is 3.32. The lowest BCUT2D eigenvalue weighted by atomic mass is 10.1. The molecule has 1 heterocycles. The van der Waals surface area contributed by atoms with E-state index in [1.165, 1.54) is 35.2 Å². The first-order valence-electron chi connectivity index (χ1n) is 9.59. The third-order valence-corrected chi connectivity index (χ3v) is 5.36. The first-order valence-corrected chi connectivity index (χ1v) is 9.97. The summed E-state index contributed by atoms with van der Waals surface area (Å²) in [6.45, 7) is 0.147. The van der Waals surface area contributed by atoms with E-state index in [9.17, 15) is 22.8 Å². The third-order valence-electron chi connectivity index (χ3n) is 5.05. The second-order valence-electron chi connectivity index (χ2n) is 6.99. The van der Waals surface area contributed by atoms with Gasteiger partial charge in [0.25, 0.3) is 5.91 Å². The molecule has 166 valence electrons. The maximum Gasteiger partial charge on any atom is 0.387 e. The molecule has 0 spiro atoms. The van der Waals surface area contributed by atoms with Crippen LogP contribution in [0.1, 0.15) is 17.3 Å². The second-order valence-corrected chi connectivity index (χ2v) is 7.40.